The lowest BCUT2D eigenvalue weighted by Gasteiger charge is -2.20. The standard InChI is InChI=1S/C15H18F3NO4/c1-3-9(2)13(14(21)22)19-12(20)8-10-6-4-5-7-11(10)23-15(16,17)18/h4-7,9,13H,3,8H2,1-2H3,(H,19,20)(H,21,22)/t9-,13-/m0/s1. The highest BCUT2D eigenvalue weighted by Crippen LogP contribution is 2.26. The molecule has 2 atom stereocenters. The van der Waals surface area contributed by atoms with Crippen LogP contribution < -0.4 is 10.1 Å². The number of alkyl halides is 3. The number of carbonyl (C=O) groups excluding carboxylic acids is 1. The van der Waals surface area contributed by atoms with Gasteiger partial charge in [-0.25, -0.2) is 4.79 Å². The molecular weight excluding hydrogens is 315 g/mol. The zero-order chi connectivity index (χ0) is 17.6. The number of carboxylic acids is 1. The summed E-state index contributed by atoms with van der Waals surface area (Å²) in [5.74, 6) is -2.66. The summed E-state index contributed by atoms with van der Waals surface area (Å²) in [7, 11) is 0. The third-order valence-electron chi connectivity index (χ3n) is 3.34. The van der Waals surface area contributed by atoms with Crippen molar-refractivity contribution in [2.45, 2.75) is 39.1 Å². The van der Waals surface area contributed by atoms with Crippen molar-refractivity contribution in [3.05, 3.63) is 29.8 Å². The fourth-order valence-electron chi connectivity index (χ4n) is 1.95. The predicted molar refractivity (Wildman–Crippen MR) is 75.9 cm³/mol. The van der Waals surface area contributed by atoms with Crippen LogP contribution in [-0.4, -0.2) is 29.4 Å². The molecule has 0 aliphatic carbocycles. The van der Waals surface area contributed by atoms with Gasteiger partial charge in [0.15, 0.2) is 0 Å². The number of halogens is 3. The molecule has 1 aromatic carbocycles. The van der Waals surface area contributed by atoms with E-state index in [4.69, 9.17) is 5.11 Å². The van der Waals surface area contributed by atoms with Gasteiger partial charge in [0.1, 0.15) is 11.8 Å². The van der Waals surface area contributed by atoms with E-state index in [1.165, 1.54) is 18.2 Å². The van der Waals surface area contributed by atoms with Gasteiger partial charge in [-0.05, 0) is 12.0 Å². The summed E-state index contributed by atoms with van der Waals surface area (Å²) in [6.45, 7) is 3.44. The predicted octanol–water partition coefficient (Wildman–Crippen LogP) is 2.74. The van der Waals surface area contributed by atoms with Gasteiger partial charge >= 0.3 is 12.3 Å². The van der Waals surface area contributed by atoms with Crippen LogP contribution in [0.25, 0.3) is 0 Å². The SMILES string of the molecule is CC[C@H](C)[C@H](NC(=O)Cc1ccccc1OC(F)(F)F)C(=O)O. The number of amides is 1. The van der Waals surface area contributed by atoms with Crippen molar-refractivity contribution >= 4 is 11.9 Å². The average Bonchev–Trinajstić information content (AvgIpc) is 2.44. The van der Waals surface area contributed by atoms with Crippen LogP contribution >= 0.6 is 0 Å². The van der Waals surface area contributed by atoms with Crippen molar-refractivity contribution in [1.82, 2.24) is 5.32 Å². The third-order valence-corrected chi connectivity index (χ3v) is 3.34. The first-order chi connectivity index (χ1) is 10.6. The van der Waals surface area contributed by atoms with E-state index in [0.717, 1.165) is 6.07 Å². The van der Waals surface area contributed by atoms with E-state index in [0.29, 0.717) is 6.42 Å². The van der Waals surface area contributed by atoms with Gasteiger partial charge in [-0.15, -0.1) is 13.2 Å². The van der Waals surface area contributed by atoms with Crippen molar-refractivity contribution in [3.8, 4) is 5.75 Å². The number of hydrogen-bond acceptors (Lipinski definition) is 3. The molecule has 2 N–H and O–H groups in total. The Morgan fingerprint density at radius 3 is 2.43 bits per heavy atom. The fraction of sp³-hybridized carbons (Fsp3) is 0.467. The fourth-order valence-corrected chi connectivity index (χ4v) is 1.95. The summed E-state index contributed by atoms with van der Waals surface area (Å²) in [5, 5.41) is 11.4. The molecule has 128 valence electrons. The Hall–Kier alpha value is -2.25. The number of carboxylic acid groups (broad SMARTS) is 1. The number of carbonyl (C=O) groups is 2. The van der Waals surface area contributed by atoms with Gasteiger partial charge in [0.2, 0.25) is 5.91 Å². The molecule has 0 radical (unpaired) electrons. The van der Waals surface area contributed by atoms with Crippen LogP contribution in [-0.2, 0) is 16.0 Å². The van der Waals surface area contributed by atoms with Crippen molar-refractivity contribution in [2.24, 2.45) is 5.92 Å². The number of nitrogens with one attached hydrogen (secondary N) is 1. The maximum absolute atomic E-state index is 12.3. The number of para-hydroxylation sites is 1. The molecular formula is C15H18F3NO4. The lowest BCUT2D eigenvalue weighted by molar-refractivity contribution is -0.274. The van der Waals surface area contributed by atoms with Crippen LogP contribution in [0.1, 0.15) is 25.8 Å². The number of rotatable bonds is 7. The summed E-state index contributed by atoms with van der Waals surface area (Å²) >= 11 is 0. The van der Waals surface area contributed by atoms with Gasteiger partial charge < -0.3 is 15.2 Å². The van der Waals surface area contributed by atoms with Crippen LogP contribution in [0.2, 0.25) is 0 Å². The minimum Gasteiger partial charge on any atom is -0.480 e. The molecule has 1 amide bonds. The van der Waals surface area contributed by atoms with E-state index in [2.05, 4.69) is 10.1 Å². The second kappa shape index (κ2) is 7.85. The minimum atomic E-state index is -4.87. The quantitative estimate of drug-likeness (QED) is 0.804. The lowest BCUT2D eigenvalue weighted by atomic mass is 9.99. The molecule has 0 aliphatic rings. The zero-order valence-electron chi connectivity index (χ0n) is 12.7. The van der Waals surface area contributed by atoms with Crippen LogP contribution in [0.4, 0.5) is 13.2 Å². The molecule has 1 rings (SSSR count). The van der Waals surface area contributed by atoms with Gasteiger partial charge in [-0.3, -0.25) is 4.79 Å². The van der Waals surface area contributed by atoms with Gasteiger partial charge in [0.25, 0.3) is 0 Å². The molecule has 8 heteroatoms. The molecule has 5 nitrogen and oxygen atoms in total. The third kappa shape index (κ3) is 6.17. The molecule has 0 aromatic heterocycles. The Bertz CT molecular complexity index is 560. The van der Waals surface area contributed by atoms with E-state index < -0.39 is 36.5 Å². The van der Waals surface area contributed by atoms with Crippen molar-refractivity contribution < 1.29 is 32.6 Å². The van der Waals surface area contributed by atoms with E-state index in [-0.39, 0.29) is 11.5 Å². The summed E-state index contributed by atoms with van der Waals surface area (Å²) < 4.78 is 40.8. The number of hydrogen-bond donors (Lipinski definition) is 2. The second-order valence-corrected chi connectivity index (χ2v) is 5.10. The normalized spacial score (nSPS) is 14.0. The first-order valence-corrected chi connectivity index (χ1v) is 6.99. The van der Waals surface area contributed by atoms with Gasteiger partial charge in [0, 0.05) is 5.56 Å². The highest BCUT2D eigenvalue weighted by molar-refractivity contribution is 5.85. The molecule has 0 aliphatic heterocycles. The Labute approximate surface area is 131 Å². The monoisotopic (exact) mass is 333 g/mol. The number of benzene rings is 1. The van der Waals surface area contributed by atoms with Crippen LogP contribution in [0.15, 0.2) is 24.3 Å². The molecule has 0 bridgehead atoms. The lowest BCUT2D eigenvalue weighted by Crippen LogP contribution is -2.45. The first kappa shape index (κ1) is 18.8. The highest BCUT2D eigenvalue weighted by Gasteiger charge is 2.32. The van der Waals surface area contributed by atoms with E-state index >= 15 is 0 Å². The molecule has 0 saturated heterocycles. The largest absolute Gasteiger partial charge is 0.573 e. The van der Waals surface area contributed by atoms with Crippen LogP contribution in [0.3, 0.4) is 0 Å². The van der Waals surface area contributed by atoms with Crippen molar-refractivity contribution in [2.75, 3.05) is 0 Å². The first-order valence-electron chi connectivity index (χ1n) is 6.99. The molecule has 0 fully saturated rings. The Morgan fingerprint density at radius 1 is 1.30 bits per heavy atom. The maximum atomic E-state index is 12.3. The van der Waals surface area contributed by atoms with E-state index in [1.807, 2.05) is 0 Å². The van der Waals surface area contributed by atoms with Gasteiger partial charge in [0.05, 0.1) is 6.42 Å². The van der Waals surface area contributed by atoms with Gasteiger partial charge in [-0.2, -0.15) is 0 Å². The Morgan fingerprint density at radius 2 is 1.91 bits per heavy atom. The second-order valence-electron chi connectivity index (χ2n) is 5.10. The molecule has 0 heterocycles. The Balaban J connectivity index is 2.83. The number of aliphatic carboxylic acids is 1. The molecule has 0 saturated carbocycles. The topological polar surface area (TPSA) is 75.6 Å². The number of ether oxygens (including phenoxy) is 1. The highest BCUT2D eigenvalue weighted by atomic mass is 19.4. The maximum Gasteiger partial charge on any atom is 0.573 e. The van der Waals surface area contributed by atoms with Crippen molar-refractivity contribution in [1.29, 1.82) is 0 Å². The van der Waals surface area contributed by atoms with Gasteiger partial charge in [-0.1, -0.05) is 38.5 Å². The van der Waals surface area contributed by atoms with E-state index in [1.54, 1.807) is 13.8 Å². The summed E-state index contributed by atoms with van der Waals surface area (Å²) in [6, 6.07) is 4.14. The smallest absolute Gasteiger partial charge is 0.480 e. The van der Waals surface area contributed by atoms with Crippen LogP contribution in [0.5, 0.6) is 5.75 Å². The minimum absolute atomic E-state index is 0.0237. The van der Waals surface area contributed by atoms with Crippen molar-refractivity contribution in [3.63, 3.8) is 0 Å². The molecule has 0 spiro atoms. The van der Waals surface area contributed by atoms with E-state index in [9.17, 15) is 22.8 Å². The Kier molecular flexibility index (Phi) is 6.41. The molecule has 0 unspecified atom stereocenters. The average molecular weight is 333 g/mol. The summed E-state index contributed by atoms with van der Waals surface area (Å²) in [4.78, 5) is 23.1. The molecule has 23 heavy (non-hydrogen) atoms. The summed E-state index contributed by atoms with van der Waals surface area (Å²) in [6.07, 6.45) is -4.75. The van der Waals surface area contributed by atoms with Crippen LogP contribution in [0, 0.1) is 5.92 Å². The summed E-state index contributed by atoms with van der Waals surface area (Å²) in [5.41, 5.74) is 0.0237. The molecule has 1 aromatic rings. The zero-order valence-corrected chi connectivity index (χ0v) is 12.7.